The van der Waals surface area contributed by atoms with Gasteiger partial charge in [-0.1, -0.05) is 36.4 Å². The van der Waals surface area contributed by atoms with E-state index in [1.165, 1.54) is 5.56 Å². The normalized spacial score (nSPS) is 10.1. The van der Waals surface area contributed by atoms with Crippen molar-refractivity contribution in [2.24, 2.45) is 5.73 Å². The van der Waals surface area contributed by atoms with Gasteiger partial charge in [-0.25, -0.2) is 4.79 Å². The molecule has 0 saturated carbocycles. The number of nitrogens with two attached hydrogens (primary N) is 1. The minimum absolute atomic E-state index is 0. The molecule has 0 spiro atoms. The Morgan fingerprint density at radius 3 is 2.39 bits per heavy atom. The summed E-state index contributed by atoms with van der Waals surface area (Å²) in [5.74, 6) is -0.0932. The van der Waals surface area contributed by atoms with E-state index in [-0.39, 0.29) is 30.4 Å². The summed E-state index contributed by atoms with van der Waals surface area (Å²) < 4.78 is 0. The van der Waals surface area contributed by atoms with Crippen LogP contribution in [-0.4, -0.2) is 42.5 Å². The van der Waals surface area contributed by atoms with Gasteiger partial charge < -0.3 is 21.3 Å². The molecule has 7 heteroatoms. The molecule has 2 aromatic rings. The molecule has 0 aliphatic rings. The number of anilines is 1. The summed E-state index contributed by atoms with van der Waals surface area (Å²) in [6.45, 7) is 5.24. The Balaban J connectivity index is 0.00000392. The number of amides is 3. The molecule has 2 rings (SSSR count). The summed E-state index contributed by atoms with van der Waals surface area (Å²) in [6, 6.07) is 16.7. The molecule has 0 bridgehead atoms. The number of carbonyl (C=O) groups is 2. The number of benzene rings is 2. The summed E-state index contributed by atoms with van der Waals surface area (Å²) in [5, 5.41) is 5.51. The molecule has 2 aromatic carbocycles. The fourth-order valence-corrected chi connectivity index (χ4v) is 2.72. The predicted molar refractivity (Wildman–Crippen MR) is 116 cm³/mol. The molecule has 0 aliphatic heterocycles. The second-order valence-electron chi connectivity index (χ2n) is 6.65. The van der Waals surface area contributed by atoms with E-state index in [4.69, 9.17) is 5.73 Å². The molecule has 152 valence electrons. The summed E-state index contributed by atoms with van der Waals surface area (Å²) in [6.07, 6.45) is 0.765. The number of urea groups is 1. The van der Waals surface area contributed by atoms with Crippen LogP contribution in [-0.2, 0) is 6.42 Å². The van der Waals surface area contributed by atoms with Gasteiger partial charge in [0, 0.05) is 36.9 Å². The van der Waals surface area contributed by atoms with Gasteiger partial charge in [0.05, 0.1) is 0 Å². The SMILES string of the molecule is CC(C)NC(=O)Nc1cccc(C(=O)N(CCN)CCc2ccccc2)c1.Cl. The molecule has 0 atom stereocenters. The second-order valence-corrected chi connectivity index (χ2v) is 6.65. The lowest BCUT2D eigenvalue weighted by atomic mass is 10.1. The number of nitrogens with zero attached hydrogens (tertiary/aromatic N) is 1. The Morgan fingerprint density at radius 1 is 1.04 bits per heavy atom. The molecular formula is C21H29ClN4O2. The summed E-state index contributed by atoms with van der Waals surface area (Å²) in [5.41, 5.74) is 7.98. The van der Waals surface area contributed by atoms with Gasteiger partial charge >= 0.3 is 6.03 Å². The van der Waals surface area contributed by atoms with Crippen molar-refractivity contribution in [3.05, 3.63) is 65.7 Å². The van der Waals surface area contributed by atoms with Crippen LogP contribution in [0.15, 0.2) is 54.6 Å². The molecule has 0 saturated heterocycles. The number of carbonyl (C=O) groups excluding carboxylic acids is 2. The molecular weight excluding hydrogens is 376 g/mol. The molecule has 0 heterocycles. The number of halogens is 1. The minimum atomic E-state index is -0.294. The number of hydrogen-bond acceptors (Lipinski definition) is 3. The smallest absolute Gasteiger partial charge is 0.319 e. The first-order valence-corrected chi connectivity index (χ1v) is 9.20. The zero-order valence-electron chi connectivity index (χ0n) is 16.4. The maximum absolute atomic E-state index is 12.9. The Labute approximate surface area is 172 Å². The van der Waals surface area contributed by atoms with Crippen LogP contribution in [0.4, 0.5) is 10.5 Å². The van der Waals surface area contributed by atoms with E-state index in [1.54, 1.807) is 29.2 Å². The van der Waals surface area contributed by atoms with Crippen molar-refractivity contribution < 1.29 is 9.59 Å². The highest BCUT2D eigenvalue weighted by Crippen LogP contribution is 2.13. The minimum Gasteiger partial charge on any atom is -0.337 e. The van der Waals surface area contributed by atoms with Crippen LogP contribution in [0.1, 0.15) is 29.8 Å². The van der Waals surface area contributed by atoms with Gasteiger partial charge in [-0.15, -0.1) is 12.4 Å². The molecule has 0 unspecified atom stereocenters. The molecule has 0 aromatic heterocycles. The van der Waals surface area contributed by atoms with Crippen LogP contribution in [0.25, 0.3) is 0 Å². The Hall–Kier alpha value is -2.57. The van der Waals surface area contributed by atoms with E-state index in [1.807, 2.05) is 44.2 Å². The van der Waals surface area contributed by atoms with Gasteiger partial charge in [0.25, 0.3) is 5.91 Å². The second kappa shape index (κ2) is 12.0. The van der Waals surface area contributed by atoms with Crippen molar-refractivity contribution in [2.75, 3.05) is 25.0 Å². The molecule has 6 nitrogen and oxygen atoms in total. The van der Waals surface area contributed by atoms with E-state index in [2.05, 4.69) is 10.6 Å². The average molecular weight is 405 g/mol. The Kier molecular flexibility index (Phi) is 10.1. The summed E-state index contributed by atoms with van der Waals surface area (Å²) in [7, 11) is 0. The van der Waals surface area contributed by atoms with Gasteiger partial charge in [-0.3, -0.25) is 4.79 Å². The first-order valence-electron chi connectivity index (χ1n) is 9.20. The predicted octanol–water partition coefficient (Wildman–Crippen LogP) is 3.28. The third-order valence-corrected chi connectivity index (χ3v) is 3.99. The van der Waals surface area contributed by atoms with Gasteiger partial charge in [-0.2, -0.15) is 0 Å². The third kappa shape index (κ3) is 7.58. The van der Waals surface area contributed by atoms with E-state index in [9.17, 15) is 9.59 Å². The van der Waals surface area contributed by atoms with Crippen molar-refractivity contribution in [2.45, 2.75) is 26.3 Å². The maximum atomic E-state index is 12.9. The number of nitrogens with one attached hydrogen (secondary N) is 2. The maximum Gasteiger partial charge on any atom is 0.319 e. The molecule has 3 amide bonds. The Bertz CT molecular complexity index is 753. The van der Waals surface area contributed by atoms with Crippen molar-refractivity contribution in [3.8, 4) is 0 Å². The molecule has 4 N–H and O–H groups in total. The largest absolute Gasteiger partial charge is 0.337 e. The highest BCUT2D eigenvalue weighted by molar-refractivity contribution is 5.97. The van der Waals surface area contributed by atoms with Gasteiger partial charge in [0.15, 0.2) is 0 Å². The third-order valence-electron chi connectivity index (χ3n) is 3.99. The molecule has 0 fully saturated rings. The van der Waals surface area contributed by atoms with E-state index < -0.39 is 0 Å². The molecule has 0 aliphatic carbocycles. The first-order chi connectivity index (χ1) is 13.0. The topological polar surface area (TPSA) is 87.5 Å². The van der Waals surface area contributed by atoms with Crippen LogP contribution >= 0.6 is 12.4 Å². The summed E-state index contributed by atoms with van der Waals surface area (Å²) >= 11 is 0. The fraction of sp³-hybridized carbons (Fsp3) is 0.333. The van der Waals surface area contributed by atoms with Gasteiger partial charge in [-0.05, 0) is 44.0 Å². The average Bonchev–Trinajstić information content (AvgIpc) is 2.65. The van der Waals surface area contributed by atoms with Crippen LogP contribution in [0.5, 0.6) is 0 Å². The van der Waals surface area contributed by atoms with Crippen molar-refractivity contribution in [3.63, 3.8) is 0 Å². The zero-order valence-corrected chi connectivity index (χ0v) is 17.2. The van der Waals surface area contributed by atoms with E-state index >= 15 is 0 Å². The number of hydrogen-bond donors (Lipinski definition) is 3. The van der Waals surface area contributed by atoms with Gasteiger partial charge in [0.2, 0.25) is 0 Å². The van der Waals surface area contributed by atoms with Crippen LogP contribution in [0.2, 0.25) is 0 Å². The summed E-state index contributed by atoms with van der Waals surface area (Å²) in [4.78, 5) is 26.5. The Morgan fingerprint density at radius 2 is 1.75 bits per heavy atom. The van der Waals surface area contributed by atoms with Crippen molar-refractivity contribution >= 4 is 30.0 Å². The monoisotopic (exact) mass is 404 g/mol. The molecule has 0 radical (unpaired) electrons. The fourth-order valence-electron chi connectivity index (χ4n) is 2.72. The van der Waals surface area contributed by atoms with Crippen LogP contribution in [0, 0.1) is 0 Å². The lowest BCUT2D eigenvalue weighted by Gasteiger charge is -2.22. The van der Waals surface area contributed by atoms with Crippen LogP contribution in [0.3, 0.4) is 0 Å². The van der Waals surface area contributed by atoms with E-state index in [0.29, 0.717) is 30.9 Å². The highest BCUT2D eigenvalue weighted by atomic mass is 35.5. The molecule has 28 heavy (non-hydrogen) atoms. The van der Waals surface area contributed by atoms with Crippen LogP contribution < -0.4 is 16.4 Å². The lowest BCUT2D eigenvalue weighted by molar-refractivity contribution is 0.0762. The zero-order chi connectivity index (χ0) is 19.6. The first kappa shape index (κ1) is 23.5. The standard InChI is InChI=1S/C21H28N4O2.ClH/c1-16(2)23-21(27)24-19-10-6-9-18(15-19)20(26)25(14-12-22)13-11-17-7-4-3-5-8-17;/h3-10,15-16H,11-14,22H2,1-2H3,(H2,23,24,27);1H. The quantitative estimate of drug-likeness (QED) is 0.630. The van der Waals surface area contributed by atoms with Gasteiger partial charge in [0.1, 0.15) is 0 Å². The van der Waals surface area contributed by atoms with Crippen molar-refractivity contribution in [1.82, 2.24) is 10.2 Å². The number of rotatable bonds is 8. The van der Waals surface area contributed by atoms with Crippen molar-refractivity contribution in [1.29, 1.82) is 0 Å². The van der Waals surface area contributed by atoms with E-state index in [0.717, 1.165) is 6.42 Å². The highest BCUT2D eigenvalue weighted by Gasteiger charge is 2.16. The lowest BCUT2D eigenvalue weighted by Crippen LogP contribution is -2.37.